The average molecular weight is 495 g/mol. The van der Waals surface area contributed by atoms with E-state index in [0.29, 0.717) is 24.3 Å². The molecule has 0 aliphatic carbocycles. The lowest BCUT2D eigenvalue weighted by atomic mass is 10.1. The Morgan fingerprint density at radius 3 is 2.50 bits per heavy atom. The lowest BCUT2D eigenvalue weighted by Crippen LogP contribution is -2.22. The van der Waals surface area contributed by atoms with E-state index < -0.39 is 0 Å². The second-order valence-corrected chi connectivity index (χ2v) is 9.43. The van der Waals surface area contributed by atoms with Crippen molar-refractivity contribution < 1.29 is 9.21 Å². The minimum absolute atomic E-state index is 0.133. The number of furan rings is 1. The summed E-state index contributed by atoms with van der Waals surface area (Å²) in [6.45, 7) is 2.43. The highest BCUT2D eigenvalue weighted by Gasteiger charge is 2.16. The fraction of sp³-hybridized carbons (Fsp3) is 0.138. The Morgan fingerprint density at radius 2 is 1.72 bits per heavy atom. The lowest BCUT2D eigenvalue weighted by Gasteiger charge is -2.11. The van der Waals surface area contributed by atoms with E-state index >= 15 is 0 Å². The highest BCUT2D eigenvalue weighted by Crippen LogP contribution is 2.27. The van der Waals surface area contributed by atoms with Crippen LogP contribution in [0.2, 0.25) is 0 Å². The van der Waals surface area contributed by atoms with Crippen LogP contribution in [0.5, 0.6) is 0 Å². The summed E-state index contributed by atoms with van der Waals surface area (Å²) < 4.78 is 7.41. The van der Waals surface area contributed by atoms with Crippen molar-refractivity contribution in [2.45, 2.75) is 30.8 Å². The minimum Gasteiger partial charge on any atom is -0.467 e. The molecule has 1 amide bonds. The molecule has 7 heteroatoms. The van der Waals surface area contributed by atoms with Crippen molar-refractivity contribution in [2.75, 3.05) is 0 Å². The van der Waals surface area contributed by atoms with E-state index in [-0.39, 0.29) is 5.91 Å². The molecular weight excluding hydrogens is 468 g/mol. The first-order valence-corrected chi connectivity index (χ1v) is 12.7. The first-order valence-electron chi connectivity index (χ1n) is 11.7. The Hall–Kier alpha value is -4.10. The van der Waals surface area contributed by atoms with E-state index in [1.807, 2.05) is 48.5 Å². The van der Waals surface area contributed by atoms with Crippen LogP contribution in [0.25, 0.3) is 5.69 Å². The van der Waals surface area contributed by atoms with Crippen LogP contribution in [0.1, 0.15) is 38.6 Å². The summed E-state index contributed by atoms with van der Waals surface area (Å²) in [7, 11) is 0. The van der Waals surface area contributed by atoms with Crippen LogP contribution in [0.4, 0.5) is 0 Å². The third-order valence-electron chi connectivity index (χ3n) is 5.76. The topological polar surface area (TPSA) is 73.0 Å². The normalized spacial score (nSPS) is 10.9. The maximum absolute atomic E-state index is 12.6. The highest BCUT2D eigenvalue weighted by atomic mass is 32.2. The standard InChI is InChI=1S/C29H26N4O2S/c1-21-12-14-25(15-13-21)33-27(18-22-7-3-2-4-8-22)31-32-29(33)36-20-23-9-5-10-24(17-23)28(34)30-19-26-11-6-16-35-26/h2-17H,18-20H2,1H3,(H,30,34). The van der Waals surface area contributed by atoms with Gasteiger partial charge in [-0.1, -0.05) is 71.9 Å². The minimum atomic E-state index is -0.133. The molecule has 2 aromatic heterocycles. The van der Waals surface area contributed by atoms with Crippen molar-refractivity contribution >= 4 is 17.7 Å². The van der Waals surface area contributed by atoms with E-state index in [1.54, 1.807) is 24.1 Å². The summed E-state index contributed by atoms with van der Waals surface area (Å²) in [6, 6.07) is 30.0. The zero-order valence-corrected chi connectivity index (χ0v) is 20.7. The maximum Gasteiger partial charge on any atom is 0.251 e. The van der Waals surface area contributed by atoms with Crippen LogP contribution >= 0.6 is 11.8 Å². The smallest absolute Gasteiger partial charge is 0.251 e. The van der Waals surface area contributed by atoms with Crippen LogP contribution in [-0.2, 0) is 18.7 Å². The summed E-state index contributed by atoms with van der Waals surface area (Å²) in [4.78, 5) is 12.6. The molecular formula is C29H26N4O2S. The van der Waals surface area contributed by atoms with Crippen molar-refractivity contribution in [1.29, 1.82) is 0 Å². The summed E-state index contributed by atoms with van der Waals surface area (Å²) in [6.07, 6.45) is 2.29. The molecule has 0 aliphatic rings. The van der Waals surface area contributed by atoms with Gasteiger partial charge in [-0.25, -0.2) is 0 Å². The van der Waals surface area contributed by atoms with E-state index in [0.717, 1.165) is 28.0 Å². The van der Waals surface area contributed by atoms with Crippen molar-refractivity contribution in [3.8, 4) is 5.69 Å². The molecule has 1 N–H and O–H groups in total. The molecule has 3 aromatic carbocycles. The fourth-order valence-corrected chi connectivity index (χ4v) is 4.79. The number of amides is 1. The van der Waals surface area contributed by atoms with Gasteiger partial charge >= 0.3 is 0 Å². The Morgan fingerprint density at radius 1 is 0.917 bits per heavy atom. The number of nitrogens with one attached hydrogen (secondary N) is 1. The Bertz CT molecular complexity index is 1430. The van der Waals surface area contributed by atoms with Gasteiger partial charge in [-0.3, -0.25) is 9.36 Å². The molecule has 5 aromatic rings. The number of hydrogen-bond acceptors (Lipinski definition) is 5. The zero-order valence-electron chi connectivity index (χ0n) is 19.9. The van der Waals surface area contributed by atoms with Crippen molar-refractivity contribution in [2.24, 2.45) is 0 Å². The molecule has 36 heavy (non-hydrogen) atoms. The van der Waals surface area contributed by atoms with Crippen LogP contribution in [0, 0.1) is 6.92 Å². The fourth-order valence-electron chi connectivity index (χ4n) is 3.87. The number of thioether (sulfide) groups is 1. The van der Waals surface area contributed by atoms with Gasteiger partial charge in [0.15, 0.2) is 5.16 Å². The average Bonchev–Trinajstić information content (AvgIpc) is 3.57. The molecule has 0 atom stereocenters. The Balaban J connectivity index is 1.33. The van der Waals surface area contributed by atoms with Crippen molar-refractivity contribution in [3.63, 3.8) is 0 Å². The summed E-state index contributed by atoms with van der Waals surface area (Å²) in [5.41, 5.74) is 5.07. The third-order valence-corrected chi connectivity index (χ3v) is 6.76. The van der Waals surface area contributed by atoms with Gasteiger partial charge < -0.3 is 9.73 Å². The number of rotatable bonds is 9. The molecule has 0 spiro atoms. The molecule has 2 heterocycles. The second-order valence-electron chi connectivity index (χ2n) is 8.48. The van der Waals surface area contributed by atoms with E-state index in [9.17, 15) is 4.79 Å². The monoisotopic (exact) mass is 494 g/mol. The first-order chi connectivity index (χ1) is 17.7. The lowest BCUT2D eigenvalue weighted by molar-refractivity contribution is 0.0948. The van der Waals surface area contributed by atoms with Gasteiger partial charge in [0.2, 0.25) is 0 Å². The summed E-state index contributed by atoms with van der Waals surface area (Å²) >= 11 is 1.61. The van der Waals surface area contributed by atoms with Gasteiger partial charge in [0.05, 0.1) is 12.8 Å². The van der Waals surface area contributed by atoms with Gasteiger partial charge in [-0.15, -0.1) is 10.2 Å². The van der Waals surface area contributed by atoms with E-state index in [4.69, 9.17) is 4.42 Å². The van der Waals surface area contributed by atoms with E-state index in [1.165, 1.54) is 11.1 Å². The quantitative estimate of drug-likeness (QED) is 0.255. The second kappa shape index (κ2) is 11.1. The molecule has 180 valence electrons. The highest BCUT2D eigenvalue weighted by molar-refractivity contribution is 7.98. The van der Waals surface area contributed by atoms with Crippen LogP contribution < -0.4 is 5.32 Å². The van der Waals surface area contributed by atoms with E-state index in [2.05, 4.69) is 63.4 Å². The molecule has 0 fully saturated rings. The molecule has 0 radical (unpaired) electrons. The number of aromatic nitrogens is 3. The van der Waals surface area contributed by atoms with Gasteiger partial charge in [0.25, 0.3) is 5.91 Å². The van der Waals surface area contributed by atoms with Crippen LogP contribution in [-0.4, -0.2) is 20.7 Å². The van der Waals surface area contributed by atoms with Gasteiger partial charge in [0, 0.05) is 23.4 Å². The number of hydrogen-bond donors (Lipinski definition) is 1. The predicted molar refractivity (Wildman–Crippen MR) is 141 cm³/mol. The Kier molecular flexibility index (Phi) is 7.28. The number of aryl methyl sites for hydroxylation is 1. The van der Waals surface area contributed by atoms with Crippen molar-refractivity contribution in [3.05, 3.63) is 131 Å². The van der Waals surface area contributed by atoms with Crippen LogP contribution in [0.3, 0.4) is 0 Å². The van der Waals surface area contributed by atoms with Gasteiger partial charge in [-0.2, -0.15) is 0 Å². The third kappa shape index (κ3) is 5.75. The molecule has 0 aliphatic heterocycles. The molecule has 0 unspecified atom stereocenters. The largest absolute Gasteiger partial charge is 0.467 e. The summed E-state index contributed by atoms with van der Waals surface area (Å²) in [5, 5.41) is 12.8. The molecule has 5 rings (SSSR count). The zero-order chi connectivity index (χ0) is 24.7. The molecule has 0 bridgehead atoms. The number of nitrogens with zero attached hydrogens (tertiary/aromatic N) is 3. The number of benzene rings is 3. The summed E-state index contributed by atoms with van der Waals surface area (Å²) in [5.74, 6) is 2.14. The van der Waals surface area contributed by atoms with Gasteiger partial charge in [-0.05, 0) is 54.4 Å². The SMILES string of the molecule is Cc1ccc(-n2c(Cc3ccccc3)nnc2SCc2cccc(C(=O)NCc3ccco3)c2)cc1. The predicted octanol–water partition coefficient (Wildman–Crippen LogP) is 5.98. The first kappa shape index (κ1) is 23.6. The molecule has 0 saturated carbocycles. The maximum atomic E-state index is 12.6. The van der Waals surface area contributed by atoms with Gasteiger partial charge in [0.1, 0.15) is 11.6 Å². The Labute approximate surface area is 214 Å². The molecule has 6 nitrogen and oxygen atoms in total. The number of carbonyl (C=O) groups excluding carboxylic acids is 1. The van der Waals surface area contributed by atoms with Crippen LogP contribution in [0.15, 0.2) is 107 Å². The van der Waals surface area contributed by atoms with Crippen molar-refractivity contribution in [1.82, 2.24) is 20.1 Å². The number of carbonyl (C=O) groups is 1. The molecule has 0 saturated heterocycles.